The van der Waals surface area contributed by atoms with Crippen molar-refractivity contribution in [1.82, 2.24) is 0 Å². The van der Waals surface area contributed by atoms with Gasteiger partial charge in [-0.1, -0.05) is 36.4 Å². The summed E-state index contributed by atoms with van der Waals surface area (Å²) in [5.41, 5.74) is 6.59. The van der Waals surface area contributed by atoms with E-state index in [1.54, 1.807) is 0 Å². The lowest BCUT2D eigenvalue weighted by Crippen LogP contribution is -2.41. The Morgan fingerprint density at radius 3 is 2.74 bits per heavy atom. The molecule has 2 heterocycles. The average Bonchev–Trinajstić information content (AvgIpc) is 2.83. The molecule has 2 aromatic carbocycles. The van der Waals surface area contributed by atoms with Gasteiger partial charge in [0.2, 0.25) is 0 Å². The van der Waals surface area contributed by atoms with Crippen molar-refractivity contribution in [2.75, 3.05) is 16.8 Å². The standard InChI is InChI=1S/C17H16N2/c1-2-19-16-10-6-3-7-12(16)11-14-13-8-4-5-9-15(13)18-17(14)19/h3-11,17-18H,2H2,1H3. The van der Waals surface area contributed by atoms with E-state index in [4.69, 9.17) is 0 Å². The second-order valence-electron chi connectivity index (χ2n) is 5.04. The van der Waals surface area contributed by atoms with Crippen molar-refractivity contribution < 1.29 is 0 Å². The van der Waals surface area contributed by atoms with E-state index in [2.05, 4.69) is 71.7 Å². The van der Waals surface area contributed by atoms with E-state index >= 15 is 0 Å². The lowest BCUT2D eigenvalue weighted by Gasteiger charge is -2.35. The van der Waals surface area contributed by atoms with E-state index in [1.165, 1.54) is 28.1 Å². The highest BCUT2D eigenvalue weighted by Crippen LogP contribution is 2.43. The minimum atomic E-state index is 0.275. The normalized spacial score (nSPS) is 19.1. The third-order valence-electron chi connectivity index (χ3n) is 4.03. The fourth-order valence-corrected chi connectivity index (χ4v) is 3.17. The lowest BCUT2D eigenvalue weighted by molar-refractivity contribution is 0.791. The molecule has 94 valence electrons. The molecule has 1 N–H and O–H groups in total. The number of nitrogens with zero attached hydrogens (tertiary/aromatic N) is 1. The van der Waals surface area contributed by atoms with Crippen molar-refractivity contribution >= 4 is 23.0 Å². The number of hydrogen-bond donors (Lipinski definition) is 1. The number of para-hydroxylation sites is 2. The van der Waals surface area contributed by atoms with Gasteiger partial charge in [0.05, 0.1) is 0 Å². The first-order valence-corrected chi connectivity index (χ1v) is 6.81. The second kappa shape index (κ2) is 3.89. The van der Waals surface area contributed by atoms with Gasteiger partial charge in [-0.2, -0.15) is 0 Å². The van der Waals surface area contributed by atoms with Gasteiger partial charge in [-0.3, -0.25) is 0 Å². The average molecular weight is 248 g/mol. The zero-order valence-electron chi connectivity index (χ0n) is 10.9. The SMILES string of the molecule is CCN1c2ccccc2C=C2c3ccccc3NC21. The molecule has 2 aromatic rings. The van der Waals surface area contributed by atoms with Gasteiger partial charge < -0.3 is 10.2 Å². The first kappa shape index (κ1) is 10.7. The molecule has 0 spiro atoms. The highest BCUT2D eigenvalue weighted by molar-refractivity contribution is 6.00. The molecule has 0 saturated carbocycles. The van der Waals surface area contributed by atoms with Crippen LogP contribution in [0.4, 0.5) is 11.4 Å². The summed E-state index contributed by atoms with van der Waals surface area (Å²) >= 11 is 0. The van der Waals surface area contributed by atoms with Crippen LogP contribution >= 0.6 is 0 Å². The van der Waals surface area contributed by atoms with E-state index in [9.17, 15) is 0 Å². The van der Waals surface area contributed by atoms with Crippen LogP contribution < -0.4 is 10.2 Å². The molecule has 0 saturated heterocycles. The minimum absolute atomic E-state index is 0.275. The van der Waals surface area contributed by atoms with Gasteiger partial charge in [-0.25, -0.2) is 0 Å². The van der Waals surface area contributed by atoms with Gasteiger partial charge in [0.25, 0.3) is 0 Å². The van der Waals surface area contributed by atoms with E-state index in [-0.39, 0.29) is 6.17 Å². The zero-order chi connectivity index (χ0) is 12.8. The van der Waals surface area contributed by atoms with E-state index in [1.807, 2.05) is 0 Å². The molecular weight excluding hydrogens is 232 g/mol. The Morgan fingerprint density at radius 2 is 1.84 bits per heavy atom. The molecule has 2 aliphatic rings. The number of nitrogens with one attached hydrogen (secondary N) is 1. The third-order valence-corrected chi connectivity index (χ3v) is 4.03. The van der Waals surface area contributed by atoms with Crippen molar-refractivity contribution in [3.63, 3.8) is 0 Å². The second-order valence-corrected chi connectivity index (χ2v) is 5.04. The lowest BCUT2D eigenvalue weighted by atomic mass is 9.97. The Kier molecular flexibility index (Phi) is 2.18. The minimum Gasteiger partial charge on any atom is -0.361 e. The Morgan fingerprint density at radius 1 is 1.05 bits per heavy atom. The molecule has 0 fully saturated rings. The summed E-state index contributed by atoms with van der Waals surface area (Å²) in [5, 5.41) is 3.64. The number of hydrogen-bond acceptors (Lipinski definition) is 2. The Hall–Kier alpha value is -2.22. The largest absolute Gasteiger partial charge is 0.361 e. The van der Waals surface area contributed by atoms with Gasteiger partial charge in [0.15, 0.2) is 0 Å². The molecule has 1 atom stereocenters. The van der Waals surface area contributed by atoms with Crippen molar-refractivity contribution in [3.05, 3.63) is 59.7 Å². The summed E-state index contributed by atoms with van der Waals surface area (Å²) in [7, 11) is 0. The van der Waals surface area contributed by atoms with Crippen molar-refractivity contribution in [1.29, 1.82) is 0 Å². The zero-order valence-corrected chi connectivity index (χ0v) is 10.9. The van der Waals surface area contributed by atoms with Gasteiger partial charge in [0.1, 0.15) is 6.17 Å². The number of benzene rings is 2. The van der Waals surface area contributed by atoms with E-state index in [0.717, 1.165) is 6.54 Å². The molecule has 2 nitrogen and oxygen atoms in total. The fraction of sp³-hybridized carbons (Fsp3) is 0.176. The molecule has 0 radical (unpaired) electrons. The van der Waals surface area contributed by atoms with Crippen molar-refractivity contribution in [3.8, 4) is 0 Å². The summed E-state index contributed by atoms with van der Waals surface area (Å²) in [6.07, 6.45) is 2.60. The van der Waals surface area contributed by atoms with Crippen LogP contribution in [-0.4, -0.2) is 12.7 Å². The summed E-state index contributed by atoms with van der Waals surface area (Å²) in [4.78, 5) is 2.44. The van der Waals surface area contributed by atoms with Gasteiger partial charge in [0, 0.05) is 29.1 Å². The monoisotopic (exact) mass is 248 g/mol. The highest BCUT2D eigenvalue weighted by Gasteiger charge is 2.33. The molecule has 19 heavy (non-hydrogen) atoms. The maximum atomic E-state index is 3.64. The molecule has 0 aromatic heterocycles. The number of likely N-dealkylation sites (N-methyl/N-ethyl adjacent to an activating group) is 1. The van der Waals surface area contributed by atoms with Gasteiger partial charge >= 0.3 is 0 Å². The molecule has 2 aliphatic heterocycles. The predicted molar refractivity (Wildman–Crippen MR) is 81.2 cm³/mol. The third kappa shape index (κ3) is 1.43. The Labute approximate surface area is 113 Å². The summed E-state index contributed by atoms with van der Waals surface area (Å²) in [6.45, 7) is 3.21. The molecule has 0 aliphatic carbocycles. The van der Waals surface area contributed by atoms with E-state index < -0.39 is 0 Å². The quantitative estimate of drug-likeness (QED) is 0.825. The smallest absolute Gasteiger partial charge is 0.126 e. The van der Waals surface area contributed by atoms with E-state index in [0.29, 0.717) is 0 Å². The first-order chi connectivity index (χ1) is 9.38. The molecular formula is C17H16N2. The molecule has 0 amide bonds. The van der Waals surface area contributed by atoms with Gasteiger partial charge in [-0.15, -0.1) is 0 Å². The predicted octanol–water partition coefficient (Wildman–Crippen LogP) is 3.82. The van der Waals surface area contributed by atoms with Gasteiger partial charge in [-0.05, 0) is 30.7 Å². The Bertz CT molecular complexity index is 672. The molecule has 2 heteroatoms. The van der Waals surface area contributed by atoms with Crippen LogP contribution in [0.5, 0.6) is 0 Å². The molecule has 1 unspecified atom stereocenters. The highest BCUT2D eigenvalue weighted by atomic mass is 15.3. The summed E-state index contributed by atoms with van der Waals surface area (Å²) in [6, 6.07) is 17.2. The topological polar surface area (TPSA) is 15.3 Å². The maximum Gasteiger partial charge on any atom is 0.126 e. The van der Waals surface area contributed by atoms with Crippen LogP contribution in [0.1, 0.15) is 18.1 Å². The van der Waals surface area contributed by atoms with Crippen LogP contribution in [0.2, 0.25) is 0 Å². The number of anilines is 2. The Balaban J connectivity index is 1.93. The van der Waals surface area contributed by atoms with Crippen LogP contribution in [0.15, 0.2) is 48.5 Å². The number of rotatable bonds is 1. The molecule has 4 rings (SSSR count). The van der Waals surface area contributed by atoms with Crippen LogP contribution in [0.3, 0.4) is 0 Å². The summed E-state index contributed by atoms with van der Waals surface area (Å²) < 4.78 is 0. The van der Waals surface area contributed by atoms with Crippen molar-refractivity contribution in [2.45, 2.75) is 13.1 Å². The van der Waals surface area contributed by atoms with Crippen LogP contribution in [0.25, 0.3) is 11.6 Å². The van der Waals surface area contributed by atoms with Crippen LogP contribution in [0, 0.1) is 0 Å². The van der Waals surface area contributed by atoms with Crippen LogP contribution in [-0.2, 0) is 0 Å². The molecule has 0 bridgehead atoms. The fourth-order valence-electron chi connectivity index (χ4n) is 3.17. The number of fused-ring (bicyclic) bond motifs is 4. The maximum absolute atomic E-state index is 3.64. The summed E-state index contributed by atoms with van der Waals surface area (Å²) in [5.74, 6) is 0. The van der Waals surface area contributed by atoms with Crippen molar-refractivity contribution in [2.24, 2.45) is 0 Å². The first-order valence-electron chi connectivity index (χ1n) is 6.81.